The molecule has 126 valence electrons. The standard InChI is InChI=1S/C17H21N5OS/c1-4-21(5-2)12-15-18-19-17-22(15)20-16(24-17)11-10-13-8-6-7-9-14(13)23-3/h6-11H,4-5,12H2,1-3H3/b11-10+. The zero-order valence-corrected chi connectivity index (χ0v) is 15.0. The van der Waals surface area contributed by atoms with E-state index in [0.717, 1.165) is 46.7 Å². The summed E-state index contributed by atoms with van der Waals surface area (Å²) in [6.45, 7) is 7.01. The van der Waals surface area contributed by atoms with Crippen molar-refractivity contribution in [3.05, 3.63) is 40.7 Å². The quantitative estimate of drug-likeness (QED) is 0.659. The van der Waals surface area contributed by atoms with Crippen LogP contribution in [-0.4, -0.2) is 44.9 Å². The summed E-state index contributed by atoms with van der Waals surface area (Å²) in [6, 6.07) is 7.91. The molecule has 0 fully saturated rings. The number of rotatable bonds is 7. The second-order valence-corrected chi connectivity index (χ2v) is 6.28. The van der Waals surface area contributed by atoms with Crippen LogP contribution in [0.15, 0.2) is 24.3 Å². The van der Waals surface area contributed by atoms with Gasteiger partial charge in [0, 0.05) is 5.56 Å². The minimum atomic E-state index is 0.758. The minimum absolute atomic E-state index is 0.758. The van der Waals surface area contributed by atoms with Gasteiger partial charge in [-0.25, -0.2) is 0 Å². The summed E-state index contributed by atoms with van der Waals surface area (Å²) in [6.07, 6.45) is 3.99. The summed E-state index contributed by atoms with van der Waals surface area (Å²) in [5.74, 6) is 1.72. The third-order valence-electron chi connectivity index (χ3n) is 3.87. The maximum Gasteiger partial charge on any atom is 0.235 e. The molecule has 0 bridgehead atoms. The van der Waals surface area contributed by atoms with E-state index in [4.69, 9.17) is 4.74 Å². The Labute approximate surface area is 145 Å². The van der Waals surface area contributed by atoms with E-state index in [1.165, 1.54) is 11.3 Å². The molecule has 0 aliphatic heterocycles. The zero-order valence-electron chi connectivity index (χ0n) is 14.1. The van der Waals surface area contributed by atoms with Gasteiger partial charge >= 0.3 is 0 Å². The van der Waals surface area contributed by atoms with Gasteiger partial charge in [0.05, 0.1) is 13.7 Å². The smallest absolute Gasteiger partial charge is 0.235 e. The van der Waals surface area contributed by atoms with Crippen LogP contribution in [0, 0.1) is 0 Å². The summed E-state index contributed by atoms with van der Waals surface area (Å²) >= 11 is 1.53. The van der Waals surface area contributed by atoms with Crippen molar-refractivity contribution in [2.75, 3.05) is 20.2 Å². The summed E-state index contributed by atoms with van der Waals surface area (Å²) in [7, 11) is 1.68. The Kier molecular flexibility index (Phi) is 5.22. The van der Waals surface area contributed by atoms with Gasteiger partial charge in [0.2, 0.25) is 4.96 Å². The lowest BCUT2D eigenvalue weighted by Crippen LogP contribution is -2.23. The van der Waals surface area contributed by atoms with E-state index >= 15 is 0 Å². The first-order valence-electron chi connectivity index (χ1n) is 7.99. The van der Waals surface area contributed by atoms with Crippen LogP contribution in [0.2, 0.25) is 0 Å². The molecule has 6 nitrogen and oxygen atoms in total. The van der Waals surface area contributed by atoms with Crippen molar-refractivity contribution in [1.82, 2.24) is 24.7 Å². The molecule has 0 N–H and O–H groups in total. The average molecular weight is 343 g/mol. The largest absolute Gasteiger partial charge is 0.496 e. The number of hydrogen-bond donors (Lipinski definition) is 0. The molecule has 0 saturated heterocycles. The van der Waals surface area contributed by atoms with E-state index in [2.05, 4.69) is 34.0 Å². The third-order valence-corrected chi connectivity index (χ3v) is 4.74. The first-order chi connectivity index (χ1) is 11.7. The second kappa shape index (κ2) is 7.55. The molecule has 0 aliphatic carbocycles. The predicted molar refractivity (Wildman–Crippen MR) is 97.2 cm³/mol. The zero-order chi connectivity index (χ0) is 16.9. The highest BCUT2D eigenvalue weighted by Crippen LogP contribution is 2.22. The fraction of sp³-hybridized carbons (Fsp3) is 0.353. The number of benzene rings is 1. The maximum absolute atomic E-state index is 5.36. The number of nitrogens with zero attached hydrogens (tertiary/aromatic N) is 5. The van der Waals surface area contributed by atoms with Crippen molar-refractivity contribution in [2.24, 2.45) is 0 Å². The molecule has 0 saturated carbocycles. The lowest BCUT2D eigenvalue weighted by Gasteiger charge is -2.15. The van der Waals surface area contributed by atoms with Gasteiger partial charge in [-0.3, -0.25) is 4.90 Å². The highest BCUT2D eigenvalue weighted by Gasteiger charge is 2.12. The van der Waals surface area contributed by atoms with Crippen LogP contribution in [0.25, 0.3) is 17.1 Å². The highest BCUT2D eigenvalue weighted by atomic mass is 32.1. The van der Waals surface area contributed by atoms with E-state index in [1.54, 1.807) is 7.11 Å². The van der Waals surface area contributed by atoms with E-state index < -0.39 is 0 Å². The molecule has 0 spiro atoms. The molecule has 0 unspecified atom stereocenters. The second-order valence-electron chi connectivity index (χ2n) is 5.29. The molecule has 0 atom stereocenters. The molecule has 0 amide bonds. The summed E-state index contributed by atoms with van der Waals surface area (Å²) in [5, 5.41) is 14.0. The van der Waals surface area contributed by atoms with Crippen molar-refractivity contribution < 1.29 is 4.74 Å². The van der Waals surface area contributed by atoms with E-state index in [0.29, 0.717) is 0 Å². The van der Waals surface area contributed by atoms with Gasteiger partial charge in [-0.2, -0.15) is 9.61 Å². The van der Waals surface area contributed by atoms with Crippen LogP contribution in [0.1, 0.15) is 30.2 Å². The van der Waals surface area contributed by atoms with Crippen LogP contribution in [-0.2, 0) is 6.54 Å². The Morgan fingerprint density at radius 2 is 1.96 bits per heavy atom. The molecule has 3 rings (SSSR count). The van der Waals surface area contributed by atoms with Gasteiger partial charge in [-0.1, -0.05) is 43.4 Å². The first kappa shape index (κ1) is 16.6. The normalized spacial score (nSPS) is 11.8. The van der Waals surface area contributed by atoms with Gasteiger partial charge in [0.1, 0.15) is 10.8 Å². The molecule has 0 aliphatic rings. The van der Waals surface area contributed by atoms with E-state index in [-0.39, 0.29) is 0 Å². The van der Waals surface area contributed by atoms with Gasteiger partial charge in [0.25, 0.3) is 0 Å². The number of methoxy groups -OCH3 is 1. The van der Waals surface area contributed by atoms with Gasteiger partial charge in [-0.15, -0.1) is 10.2 Å². The molecule has 1 aromatic carbocycles. The molecular weight excluding hydrogens is 322 g/mol. The summed E-state index contributed by atoms with van der Waals surface area (Å²) in [5.41, 5.74) is 1.02. The van der Waals surface area contributed by atoms with E-state index in [1.807, 2.05) is 40.9 Å². The van der Waals surface area contributed by atoms with Crippen molar-refractivity contribution in [1.29, 1.82) is 0 Å². The molecule has 0 radical (unpaired) electrons. The Balaban J connectivity index is 1.83. The highest BCUT2D eigenvalue weighted by molar-refractivity contribution is 7.17. The van der Waals surface area contributed by atoms with Crippen LogP contribution in [0.4, 0.5) is 0 Å². The molecule has 2 aromatic heterocycles. The minimum Gasteiger partial charge on any atom is -0.496 e. The van der Waals surface area contributed by atoms with Crippen LogP contribution < -0.4 is 4.74 Å². The lowest BCUT2D eigenvalue weighted by atomic mass is 10.2. The molecule has 7 heteroatoms. The molecule has 2 heterocycles. The number of hydrogen-bond acceptors (Lipinski definition) is 6. The van der Waals surface area contributed by atoms with E-state index in [9.17, 15) is 0 Å². The maximum atomic E-state index is 5.36. The molecule has 3 aromatic rings. The average Bonchev–Trinajstić information content (AvgIpc) is 3.19. The fourth-order valence-corrected chi connectivity index (χ4v) is 3.21. The first-order valence-corrected chi connectivity index (χ1v) is 8.81. The number of para-hydroxylation sites is 1. The van der Waals surface area contributed by atoms with Gasteiger partial charge < -0.3 is 4.74 Å². The lowest BCUT2D eigenvalue weighted by molar-refractivity contribution is 0.286. The number of aromatic nitrogens is 4. The summed E-state index contributed by atoms with van der Waals surface area (Å²) < 4.78 is 7.20. The Morgan fingerprint density at radius 3 is 2.71 bits per heavy atom. The number of ether oxygens (including phenoxy) is 1. The molecule has 24 heavy (non-hydrogen) atoms. The topological polar surface area (TPSA) is 55.5 Å². The Hall–Kier alpha value is -2.25. The van der Waals surface area contributed by atoms with Crippen LogP contribution in [0.3, 0.4) is 0 Å². The third kappa shape index (κ3) is 3.47. The summed E-state index contributed by atoms with van der Waals surface area (Å²) in [4.78, 5) is 3.11. The van der Waals surface area contributed by atoms with Crippen LogP contribution >= 0.6 is 11.3 Å². The predicted octanol–water partition coefficient (Wildman–Crippen LogP) is 3.21. The van der Waals surface area contributed by atoms with Crippen molar-refractivity contribution in [2.45, 2.75) is 20.4 Å². The SMILES string of the molecule is CCN(CC)Cc1nnc2sc(/C=C/c3ccccc3OC)nn12. The van der Waals surface area contributed by atoms with Crippen molar-refractivity contribution >= 4 is 28.4 Å². The Morgan fingerprint density at radius 1 is 1.17 bits per heavy atom. The van der Waals surface area contributed by atoms with Gasteiger partial charge in [0.15, 0.2) is 5.82 Å². The van der Waals surface area contributed by atoms with Crippen molar-refractivity contribution in [3.63, 3.8) is 0 Å². The molecular formula is C17H21N5OS. The van der Waals surface area contributed by atoms with Gasteiger partial charge in [-0.05, 0) is 31.3 Å². The number of fused-ring (bicyclic) bond motifs is 1. The van der Waals surface area contributed by atoms with Crippen LogP contribution in [0.5, 0.6) is 5.75 Å². The monoisotopic (exact) mass is 343 g/mol. The fourth-order valence-electron chi connectivity index (χ4n) is 2.45. The Bertz CT molecular complexity index is 834. The van der Waals surface area contributed by atoms with Crippen molar-refractivity contribution in [3.8, 4) is 5.75 Å².